The van der Waals surface area contributed by atoms with Crippen LogP contribution in [0.2, 0.25) is 0 Å². The largest absolute Gasteiger partial charge is 0.387 e. The molecule has 0 aromatic heterocycles. The number of hydrogen-bond acceptors (Lipinski definition) is 2. The third-order valence-corrected chi connectivity index (χ3v) is 3.23. The maximum atomic E-state index is 10.4. The van der Waals surface area contributed by atoms with Crippen LogP contribution in [0.3, 0.4) is 0 Å². The molecule has 1 N–H and O–H groups in total. The molecule has 1 rings (SSSR count). The van der Waals surface area contributed by atoms with Gasteiger partial charge >= 0.3 is 0 Å². The summed E-state index contributed by atoms with van der Waals surface area (Å²) >= 11 is 0. The lowest BCUT2D eigenvalue weighted by Crippen LogP contribution is -2.38. The second-order valence-corrected chi connectivity index (χ2v) is 5.91. The molecule has 84 valence electrons. The van der Waals surface area contributed by atoms with Crippen molar-refractivity contribution in [3.8, 4) is 0 Å². The van der Waals surface area contributed by atoms with Gasteiger partial charge < -0.3 is 9.84 Å². The topological polar surface area (TPSA) is 29.5 Å². The molecular formula is C12H24O2. The normalized spacial score (nSPS) is 36.6. The zero-order chi connectivity index (χ0) is 11.0. The predicted molar refractivity (Wildman–Crippen MR) is 58.2 cm³/mol. The van der Waals surface area contributed by atoms with E-state index in [-0.39, 0.29) is 11.5 Å². The first-order valence-electron chi connectivity index (χ1n) is 5.59. The standard InChI is InChI=1S/C12H24O2/c1-9(2)14-8-12(13)7-11(4,5)6-10(12)3/h9-10,13H,6-8H2,1-5H3. The van der Waals surface area contributed by atoms with Crippen LogP contribution >= 0.6 is 0 Å². The van der Waals surface area contributed by atoms with Crippen molar-refractivity contribution < 1.29 is 9.84 Å². The Kier molecular flexibility index (Phi) is 3.27. The Morgan fingerprint density at radius 3 is 2.36 bits per heavy atom. The van der Waals surface area contributed by atoms with Gasteiger partial charge in [-0.1, -0.05) is 20.8 Å². The fraction of sp³-hybridized carbons (Fsp3) is 1.00. The van der Waals surface area contributed by atoms with Gasteiger partial charge in [0.15, 0.2) is 0 Å². The molecule has 1 fully saturated rings. The van der Waals surface area contributed by atoms with E-state index in [4.69, 9.17) is 4.74 Å². The second kappa shape index (κ2) is 3.82. The van der Waals surface area contributed by atoms with Crippen molar-refractivity contribution in [1.82, 2.24) is 0 Å². The van der Waals surface area contributed by atoms with Crippen molar-refractivity contribution in [2.24, 2.45) is 11.3 Å². The molecule has 0 aliphatic heterocycles. The number of hydrogen-bond donors (Lipinski definition) is 1. The average Bonchev–Trinajstić information content (AvgIpc) is 2.18. The molecule has 2 atom stereocenters. The van der Waals surface area contributed by atoms with Crippen molar-refractivity contribution in [3.63, 3.8) is 0 Å². The summed E-state index contributed by atoms with van der Waals surface area (Å²) in [6.07, 6.45) is 2.15. The Morgan fingerprint density at radius 2 is 2.00 bits per heavy atom. The van der Waals surface area contributed by atoms with Gasteiger partial charge in [0.1, 0.15) is 0 Å². The lowest BCUT2D eigenvalue weighted by Gasteiger charge is -2.29. The Labute approximate surface area is 87.7 Å². The lowest BCUT2D eigenvalue weighted by molar-refractivity contribution is -0.0851. The Hall–Kier alpha value is -0.0800. The van der Waals surface area contributed by atoms with E-state index in [1.165, 1.54) is 0 Å². The summed E-state index contributed by atoms with van der Waals surface area (Å²) in [6, 6.07) is 0. The summed E-state index contributed by atoms with van der Waals surface area (Å²) < 4.78 is 5.54. The Balaban J connectivity index is 2.57. The van der Waals surface area contributed by atoms with Gasteiger partial charge in [0.25, 0.3) is 0 Å². The zero-order valence-corrected chi connectivity index (χ0v) is 10.1. The third-order valence-electron chi connectivity index (χ3n) is 3.23. The van der Waals surface area contributed by atoms with Crippen LogP contribution in [0, 0.1) is 11.3 Å². The molecular weight excluding hydrogens is 176 g/mol. The highest BCUT2D eigenvalue weighted by atomic mass is 16.5. The predicted octanol–water partition coefficient (Wildman–Crippen LogP) is 2.60. The Morgan fingerprint density at radius 1 is 1.43 bits per heavy atom. The van der Waals surface area contributed by atoms with Crippen molar-refractivity contribution in [2.45, 2.75) is 59.2 Å². The minimum Gasteiger partial charge on any atom is -0.387 e. The quantitative estimate of drug-likeness (QED) is 0.759. The minimum absolute atomic E-state index is 0.204. The van der Waals surface area contributed by atoms with Gasteiger partial charge in [0.05, 0.1) is 18.3 Å². The fourth-order valence-electron chi connectivity index (χ4n) is 2.60. The molecule has 2 nitrogen and oxygen atoms in total. The van der Waals surface area contributed by atoms with Gasteiger partial charge in [-0.05, 0) is 38.0 Å². The average molecular weight is 200 g/mol. The van der Waals surface area contributed by atoms with E-state index in [9.17, 15) is 5.11 Å². The van der Waals surface area contributed by atoms with Crippen molar-refractivity contribution in [3.05, 3.63) is 0 Å². The highest BCUT2D eigenvalue weighted by Gasteiger charge is 2.47. The van der Waals surface area contributed by atoms with E-state index in [0.29, 0.717) is 12.5 Å². The van der Waals surface area contributed by atoms with Crippen LogP contribution in [0.25, 0.3) is 0 Å². The molecule has 2 unspecified atom stereocenters. The summed E-state index contributed by atoms with van der Waals surface area (Å²) in [5, 5.41) is 10.4. The molecule has 1 aliphatic rings. The number of ether oxygens (including phenoxy) is 1. The number of rotatable bonds is 3. The molecule has 0 amide bonds. The molecule has 0 heterocycles. The molecule has 14 heavy (non-hydrogen) atoms. The van der Waals surface area contributed by atoms with Gasteiger partial charge in [-0.25, -0.2) is 0 Å². The van der Waals surface area contributed by atoms with E-state index in [1.807, 2.05) is 13.8 Å². The molecule has 0 spiro atoms. The highest BCUT2D eigenvalue weighted by Crippen LogP contribution is 2.47. The SMILES string of the molecule is CC(C)OCC1(O)CC(C)(C)CC1C. The van der Waals surface area contributed by atoms with Gasteiger partial charge in [-0.3, -0.25) is 0 Å². The summed E-state index contributed by atoms with van der Waals surface area (Å²) in [5.41, 5.74) is -0.345. The monoisotopic (exact) mass is 200 g/mol. The second-order valence-electron chi connectivity index (χ2n) is 5.91. The van der Waals surface area contributed by atoms with Crippen LogP contribution in [0.4, 0.5) is 0 Å². The summed E-state index contributed by atoms with van der Waals surface area (Å²) in [4.78, 5) is 0. The smallest absolute Gasteiger partial charge is 0.0910 e. The fourth-order valence-corrected chi connectivity index (χ4v) is 2.60. The zero-order valence-electron chi connectivity index (χ0n) is 10.1. The minimum atomic E-state index is -0.603. The van der Waals surface area contributed by atoms with Gasteiger partial charge in [0.2, 0.25) is 0 Å². The first-order valence-corrected chi connectivity index (χ1v) is 5.59. The molecule has 1 saturated carbocycles. The maximum absolute atomic E-state index is 10.4. The number of aliphatic hydroxyl groups is 1. The van der Waals surface area contributed by atoms with Gasteiger partial charge in [-0.2, -0.15) is 0 Å². The van der Waals surface area contributed by atoms with Crippen molar-refractivity contribution >= 4 is 0 Å². The van der Waals surface area contributed by atoms with Crippen molar-refractivity contribution in [1.29, 1.82) is 0 Å². The van der Waals surface area contributed by atoms with Crippen LogP contribution < -0.4 is 0 Å². The first-order chi connectivity index (χ1) is 6.25. The van der Waals surface area contributed by atoms with Crippen LogP contribution in [-0.4, -0.2) is 23.4 Å². The van der Waals surface area contributed by atoms with Crippen LogP contribution in [0.5, 0.6) is 0 Å². The van der Waals surface area contributed by atoms with Crippen LogP contribution in [0.15, 0.2) is 0 Å². The summed E-state index contributed by atoms with van der Waals surface area (Å²) in [6.45, 7) is 11.1. The lowest BCUT2D eigenvalue weighted by atomic mass is 9.89. The molecule has 0 radical (unpaired) electrons. The molecule has 0 saturated heterocycles. The first kappa shape index (κ1) is 12.0. The van der Waals surface area contributed by atoms with Gasteiger partial charge in [-0.15, -0.1) is 0 Å². The van der Waals surface area contributed by atoms with E-state index >= 15 is 0 Å². The van der Waals surface area contributed by atoms with Gasteiger partial charge in [0, 0.05) is 0 Å². The van der Waals surface area contributed by atoms with Crippen molar-refractivity contribution in [2.75, 3.05) is 6.61 Å². The summed E-state index contributed by atoms with van der Waals surface area (Å²) in [5.74, 6) is 0.344. The molecule has 0 aromatic rings. The highest BCUT2D eigenvalue weighted by molar-refractivity contribution is 4.98. The molecule has 0 bridgehead atoms. The van der Waals surface area contributed by atoms with E-state index in [2.05, 4.69) is 20.8 Å². The molecule has 1 aliphatic carbocycles. The summed E-state index contributed by atoms with van der Waals surface area (Å²) in [7, 11) is 0. The van der Waals surface area contributed by atoms with Crippen LogP contribution in [0.1, 0.15) is 47.5 Å². The maximum Gasteiger partial charge on any atom is 0.0910 e. The van der Waals surface area contributed by atoms with E-state index < -0.39 is 5.60 Å². The van der Waals surface area contributed by atoms with Crippen LogP contribution in [-0.2, 0) is 4.74 Å². The molecule has 2 heteroatoms. The molecule has 0 aromatic carbocycles. The third kappa shape index (κ3) is 2.71. The van der Waals surface area contributed by atoms with E-state index in [1.54, 1.807) is 0 Å². The van der Waals surface area contributed by atoms with E-state index in [0.717, 1.165) is 12.8 Å². The Bertz CT molecular complexity index is 198.